The zero-order valence-corrected chi connectivity index (χ0v) is 15.6. The van der Waals surface area contributed by atoms with Gasteiger partial charge in [0.2, 0.25) is 5.91 Å². The van der Waals surface area contributed by atoms with Crippen LogP contribution in [0.4, 0.5) is 0 Å². The molecule has 2 heterocycles. The number of sulfone groups is 1. The molecule has 0 aliphatic carbocycles. The van der Waals surface area contributed by atoms with Gasteiger partial charge in [-0.15, -0.1) is 0 Å². The fourth-order valence-corrected chi connectivity index (χ4v) is 5.44. The number of nitrogens with one attached hydrogen (secondary N) is 1. The maximum atomic E-state index is 12.3. The van der Waals surface area contributed by atoms with Gasteiger partial charge in [-0.1, -0.05) is 17.7 Å². The lowest BCUT2D eigenvalue weighted by Gasteiger charge is -2.35. The molecule has 0 spiro atoms. The molecular weight excluding hydrogens is 340 g/mol. The van der Waals surface area contributed by atoms with Crippen LogP contribution in [-0.2, 0) is 14.6 Å². The van der Waals surface area contributed by atoms with Crippen molar-refractivity contribution in [3.63, 3.8) is 0 Å². The van der Waals surface area contributed by atoms with Crippen LogP contribution in [0.15, 0.2) is 24.3 Å². The van der Waals surface area contributed by atoms with E-state index in [-0.39, 0.29) is 11.9 Å². The summed E-state index contributed by atoms with van der Waals surface area (Å²) in [5.41, 5.74) is 1.18. The van der Waals surface area contributed by atoms with E-state index >= 15 is 0 Å². The largest absolute Gasteiger partial charge is 0.493 e. The number of quaternary nitrogens is 1. The Morgan fingerprint density at radius 3 is 2.52 bits per heavy atom. The molecule has 1 aromatic rings. The van der Waals surface area contributed by atoms with Crippen LogP contribution in [0, 0.1) is 6.92 Å². The van der Waals surface area contributed by atoms with Gasteiger partial charge in [-0.05, 0) is 19.1 Å². The third-order valence-electron chi connectivity index (χ3n) is 5.17. The van der Waals surface area contributed by atoms with Crippen LogP contribution in [0.25, 0.3) is 0 Å². The molecule has 0 bridgehead atoms. The number of hydrogen-bond donors (Lipinski definition) is 1. The fourth-order valence-electron chi connectivity index (χ4n) is 3.62. The van der Waals surface area contributed by atoms with Gasteiger partial charge in [0, 0.05) is 6.42 Å². The van der Waals surface area contributed by atoms with Crippen LogP contribution in [-0.4, -0.2) is 69.6 Å². The van der Waals surface area contributed by atoms with E-state index in [9.17, 15) is 13.2 Å². The third kappa shape index (κ3) is 4.95. The summed E-state index contributed by atoms with van der Waals surface area (Å²) < 4.78 is 28.9. The standard InChI is InChI=1S/C18H26N2O4S/c1-15-2-4-17(5-3-15)24-12-6-18(21)20-10-8-19(9-11-20)16-7-13-25(22,23)14-16/h2-5,16H,6-14H2,1H3/p+1/t16-/m1/s1. The number of carbonyl (C=O) groups is 1. The first-order chi connectivity index (χ1) is 11.9. The molecule has 1 N–H and O–H groups in total. The van der Waals surface area contributed by atoms with Gasteiger partial charge < -0.3 is 14.5 Å². The Kier molecular flexibility index (Phi) is 5.64. The molecule has 2 aliphatic rings. The van der Waals surface area contributed by atoms with E-state index in [0.717, 1.165) is 25.3 Å². The van der Waals surface area contributed by atoms with Crippen molar-refractivity contribution in [2.45, 2.75) is 25.8 Å². The first-order valence-electron chi connectivity index (χ1n) is 8.95. The Hall–Kier alpha value is -1.60. The molecule has 0 unspecified atom stereocenters. The minimum absolute atomic E-state index is 0.116. The van der Waals surface area contributed by atoms with Gasteiger partial charge in [0.05, 0.1) is 45.0 Å². The van der Waals surface area contributed by atoms with Crippen LogP contribution >= 0.6 is 0 Å². The summed E-state index contributed by atoms with van der Waals surface area (Å²) in [6.45, 7) is 5.49. The quantitative estimate of drug-likeness (QED) is 0.774. The lowest BCUT2D eigenvalue weighted by molar-refractivity contribution is -0.925. The highest BCUT2D eigenvalue weighted by atomic mass is 32.2. The van der Waals surface area contributed by atoms with E-state index in [4.69, 9.17) is 4.74 Å². The molecule has 6 nitrogen and oxygen atoms in total. The summed E-state index contributed by atoms with van der Waals surface area (Å²) in [6, 6.07) is 8.02. The molecule has 138 valence electrons. The maximum Gasteiger partial charge on any atom is 0.226 e. The van der Waals surface area contributed by atoms with Crippen molar-refractivity contribution >= 4 is 15.7 Å². The number of benzene rings is 1. The molecule has 0 radical (unpaired) electrons. The van der Waals surface area contributed by atoms with Gasteiger partial charge in [0.25, 0.3) is 0 Å². The fraction of sp³-hybridized carbons (Fsp3) is 0.611. The average Bonchev–Trinajstić information content (AvgIpc) is 2.97. The number of piperazine rings is 1. The molecule has 2 fully saturated rings. The van der Waals surface area contributed by atoms with Crippen LogP contribution in [0.2, 0.25) is 0 Å². The normalized spacial score (nSPS) is 23.6. The first kappa shape index (κ1) is 18.2. The number of rotatable bonds is 5. The zero-order chi connectivity index (χ0) is 17.9. The minimum atomic E-state index is -2.83. The molecule has 3 rings (SSSR count). The highest BCUT2D eigenvalue weighted by Gasteiger charge is 2.37. The molecular formula is C18H27N2O4S+. The lowest BCUT2D eigenvalue weighted by atomic mass is 10.2. The van der Waals surface area contributed by atoms with Crippen molar-refractivity contribution in [1.82, 2.24) is 4.90 Å². The van der Waals surface area contributed by atoms with E-state index in [2.05, 4.69) is 0 Å². The molecule has 7 heteroatoms. The van der Waals surface area contributed by atoms with Gasteiger partial charge in [0.15, 0.2) is 9.84 Å². The molecule has 2 saturated heterocycles. The van der Waals surface area contributed by atoms with Crippen molar-refractivity contribution in [3.05, 3.63) is 29.8 Å². The van der Waals surface area contributed by atoms with E-state index in [1.807, 2.05) is 36.1 Å². The lowest BCUT2D eigenvalue weighted by Crippen LogP contribution is -3.18. The molecule has 1 atom stereocenters. The van der Waals surface area contributed by atoms with Gasteiger partial charge in [-0.2, -0.15) is 0 Å². The van der Waals surface area contributed by atoms with Crippen molar-refractivity contribution < 1.29 is 22.8 Å². The van der Waals surface area contributed by atoms with E-state index in [1.54, 1.807) is 0 Å². The summed E-state index contributed by atoms with van der Waals surface area (Å²) in [4.78, 5) is 15.5. The summed E-state index contributed by atoms with van der Waals surface area (Å²) in [7, 11) is -2.83. The Morgan fingerprint density at radius 2 is 1.92 bits per heavy atom. The monoisotopic (exact) mass is 367 g/mol. The number of carbonyl (C=O) groups excluding carboxylic acids is 1. The number of amides is 1. The van der Waals surface area contributed by atoms with Crippen molar-refractivity contribution in [2.24, 2.45) is 0 Å². The smallest absolute Gasteiger partial charge is 0.226 e. The summed E-state index contributed by atoms with van der Waals surface area (Å²) in [6.07, 6.45) is 1.14. The Bertz CT molecular complexity index is 694. The van der Waals surface area contributed by atoms with Gasteiger partial charge in [-0.25, -0.2) is 8.42 Å². The number of nitrogens with zero attached hydrogens (tertiary/aromatic N) is 1. The van der Waals surface area contributed by atoms with Crippen LogP contribution < -0.4 is 9.64 Å². The Labute approximate surface area is 149 Å². The third-order valence-corrected chi connectivity index (χ3v) is 6.94. The van der Waals surface area contributed by atoms with Crippen LogP contribution in [0.1, 0.15) is 18.4 Å². The number of aryl methyl sites for hydroxylation is 1. The minimum Gasteiger partial charge on any atom is -0.493 e. The van der Waals surface area contributed by atoms with Crippen molar-refractivity contribution in [1.29, 1.82) is 0 Å². The van der Waals surface area contributed by atoms with Crippen molar-refractivity contribution in [2.75, 3.05) is 44.3 Å². The Morgan fingerprint density at radius 1 is 1.24 bits per heavy atom. The van der Waals surface area contributed by atoms with E-state index in [0.29, 0.717) is 37.6 Å². The van der Waals surface area contributed by atoms with Gasteiger partial charge in [0.1, 0.15) is 17.5 Å². The van der Waals surface area contributed by atoms with Crippen molar-refractivity contribution in [3.8, 4) is 5.75 Å². The predicted octanol–water partition coefficient (Wildman–Crippen LogP) is -0.322. The van der Waals surface area contributed by atoms with Crippen LogP contribution in [0.3, 0.4) is 0 Å². The predicted molar refractivity (Wildman–Crippen MR) is 95.6 cm³/mol. The number of hydrogen-bond acceptors (Lipinski definition) is 4. The van der Waals surface area contributed by atoms with Crippen LogP contribution in [0.5, 0.6) is 5.75 Å². The van der Waals surface area contributed by atoms with E-state index in [1.165, 1.54) is 10.5 Å². The Balaban J connectivity index is 1.39. The zero-order valence-electron chi connectivity index (χ0n) is 14.7. The molecule has 0 saturated carbocycles. The SMILES string of the molecule is Cc1ccc(OCCC(=O)N2CC[NH+]([C@@H]3CCS(=O)(=O)C3)CC2)cc1. The first-order valence-corrected chi connectivity index (χ1v) is 10.8. The van der Waals surface area contributed by atoms with Gasteiger partial charge >= 0.3 is 0 Å². The second-order valence-corrected chi connectivity index (χ2v) is 9.28. The summed E-state index contributed by atoms with van der Waals surface area (Å²) >= 11 is 0. The topological polar surface area (TPSA) is 68.1 Å². The second kappa shape index (κ2) is 7.74. The number of ether oxygens (including phenoxy) is 1. The highest BCUT2D eigenvalue weighted by molar-refractivity contribution is 7.91. The molecule has 1 amide bonds. The maximum absolute atomic E-state index is 12.3. The molecule has 1 aromatic carbocycles. The van der Waals surface area contributed by atoms with E-state index < -0.39 is 9.84 Å². The average molecular weight is 367 g/mol. The molecule has 0 aromatic heterocycles. The summed E-state index contributed by atoms with van der Waals surface area (Å²) in [5, 5.41) is 0. The van der Waals surface area contributed by atoms with Gasteiger partial charge in [-0.3, -0.25) is 4.79 Å². The highest BCUT2D eigenvalue weighted by Crippen LogP contribution is 2.12. The summed E-state index contributed by atoms with van der Waals surface area (Å²) in [5.74, 6) is 1.53. The molecule has 2 aliphatic heterocycles. The molecule has 25 heavy (non-hydrogen) atoms. The second-order valence-electron chi connectivity index (χ2n) is 7.05.